The highest BCUT2D eigenvalue weighted by atomic mass is 35.5. The highest BCUT2D eigenvalue weighted by molar-refractivity contribution is 6.30. The predicted molar refractivity (Wildman–Crippen MR) is 162 cm³/mol. The second kappa shape index (κ2) is 11.1. The van der Waals surface area contributed by atoms with Crippen LogP contribution in [0.5, 0.6) is 17.4 Å². The molecule has 3 aromatic carbocycles. The SMILES string of the molecule is CC(C)(Oc1ccc(Cl)cc1)C(=O)Nc1cccc2oc(Nc3cccnc3Oc3ccccc3C(C)(C)C)nc12. The zero-order valence-electron chi connectivity index (χ0n) is 23.5. The van der Waals surface area contributed by atoms with Crippen molar-refractivity contribution >= 4 is 46.0 Å². The lowest BCUT2D eigenvalue weighted by molar-refractivity contribution is -0.128. The Hall–Kier alpha value is -4.56. The van der Waals surface area contributed by atoms with Crippen molar-refractivity contribution in [2.45, 2.75) is 45.6 Å². The van der Waals surface area contributed by atoms with Crippen LogP contribution in [0.4, 0.5) is 17.4 Å². The first-order valence-corrected chi connectivity index (χ1v) is 13.5. The summed E-state index contributed by atoms with van der Waals surface area (Å²) in [4.78, 5) is 22.3. The Kier molecular flexibility index (Phi) is 7.60. The maximum absolute atomic E-state index is 13.2. The minimum Gasteiger partial charge on any atom is -0.478 e. The van der Waals surface area contributed by atoms with Crippen molar-refractivity contribution in [3.8, 4) is 17.4 Å². The van der Waals surface area contributed by atoms with Gasteiger partial charge in [-0.3, -0.25) is 4.79 Å². The molecule has 0 saturated heterocycles. The molecule has 5 rings (SSSR count). The van der Waals surface area contributed by atoms with Gasteiger partial charge in [0.2, 0.25) is 5.88 Å². The van der Waals surface area contributed by atoms with Crippen LogP contribution in [0.1, 0.15) is 40.2 Å². The minimum atomic E-state index is -1.17. The molecule has 0 radical (unpaired) electrons. The first-order chi connectivity index (χ1) is 19.5. The smallest absolute Gasteiger partial charge is 0.300 e. The fourth-order valence-electron chi connectivity index (χ4n) is 4.18. The van der Waals surface area contributed by atoms with Crippen LogP contribution in [0.3, 0.4) is 0 Å². The van der Waals surface area contributed by atoms with Crippen molar-refractivity contribution in [2.24, 2.45) is 0 Å². The number of pyridine rings is 1. The number of oxazole rings is 1. The number of nitrogens with zero attached hydrogens (tertiary/aromatic N) is 2. The van der Waals surface area contributed by atoms with Crippen LogP contribution in [0, 0.1) is 0 Å². The lowest BCUT2D eigenvalue weighted by atomic mass is 9.86. The van der Waals surface area contributed by atoms with Crippen LogP contribution < -0.4 is 20.1 Å². The topological polar surface area (TPSA) is 98.5 Å². The number of nitrogens with one attached hydrogen (secondary N) is 2. The van der Waals surface area contributed by atoms with Crippen LogP contribution in [-0.2, 0) is 10.2 Å². The van der Waals surface area contributed by atoms with Gasteiger partial charge in [-0.1, -0.05) is 56.6 Å². The third-order valence-electron chi connectivity index (χ3n) is 6.32. The number of carbonyl (C=O) groups excluding carboxylic acids is 1. The number of anilines is 3. The molecule has 2 aromatic heterocycles. The van der Waals surface area contributed by atoms with E-state index >= 15 is 0 Å². The maximum atomic E-state index is 13.2. The van der Waals surface area contributed by atoms with Crippen LogP contribution in [0.25, 0.3) is 11.1 Å². The number of benzene rings is 3. The molecular weight excluding hydrogens is 540 g/mol. The van der Waals surface area contributed by atoms with Gasteiger partial charge in [0.1, 0.15) is 22.7 Å². The summed E-state index contributed by atoms with van der Waals surface area (Å²) in [5.74, 6) is 1.27. The summed E-state index contributed by atoms with van der Waals surface area (Å²) in [5, 5.41) is 6.68. The van der Waals surface area contributed by atoms with E-state index in [9.17, 15) is 4.79 Å². The number of amides is 1. The summed E-state index contributed by atoms with van der Waals surface area (Å²) in [6.45, 7) is 9.77. The number of hydrogen-bond donors (Lipinski definition) is 2. The van der Waals surface area contributed by atoms with Gasteiger partial charge < -0.3 is 24.5 Å². The highest BCUT2D eigenvalue weighted by Crippen LogP contribution is 2.37. The monoisotopic (exact) mass is 570 g/mol. The van der Waals surface area contributed by atoms with Crippen molar-refractivity contribution in [2.75, 3.05) is 10.6 Å². The molecule has 0 fully saturated rings. The Morgan fingerprint density at radius 1 is 0.878 bits per heavy atom. The summed E-state index contributed by atoms with van der Waals surface area (Å²) < 4.78 is 18.2. The Labute approximate surface area is 243 Å². The van der Waals surface area contributed by atoms with Gasteiger partial charge in [0.25, 0.3) is 11.9 Å². The lowest BCUT2D eigenvalue weighted by Crippen LogP contribution is -2.42. The van der Waals surface area contributed by atoms with Gasteiger partial charge in [0.15, 0.2) is 11.2 Å². The van der Waals surface area contributed by atoms with Gasteiger partial charge in [-0.15, -0.1) is 0 Å². The molecule has 41 heavy (non-hydrogen) atoms. The number of hydrogen-bond acceptors (Lipinski definition) is 7. The normalized spacial score (nSPS) is 11.8. The number of para-hydroxylation sites is 2. The molecule has 0 spiro atoms. The third kappa shape index (κ3) is 6.44. The standard InChI is InChI=1S/C32H31ClN4O4/c1-31(2,3)22-10-6-7-13-25(22)39-28-24(12-9-19-34-28)36-30-37-27-23(11-8-14-26(27)40-30)35-29(38)32(4,5)41-21-17-15-20(33)16-18-21/h6-19H,1-5H3,(H,35,38)(H,36,37). The van der Waals surface area contributed by atoms with Crippen LogP contribution >= 0.6 is 11.6 Å². The Morgan fingerprint density at radius 2 is 1.61 bits per heavy atom. The number of rotatable bonds is 8. The van der Waals surface area contributed by atoms with E-state index in [1.165, 1.54) is 0 Å². The fraction of sp³-hybridized carbons (Fsp3) is 0.219. The molecule has 5 aromatic rings. The molecule has 1 amide bonds. The van der Waals surface area contributed by atoms with Crippen LogP contribution in [0.2, 0.25) is 5.02 Å². The predicted octanol–water partition coefficient (Wildman–Crippen LogP) is 8.51. The molecule has 210 valence electrons. The van der Waals surface area contributed by atoms with Crippen LogP contribution in [0.15, 0.2) is 89.5 Å². The summed E-state index contributed by atoms with van der Waals surface area (Å²) in [6, 6.07) is 23.9. The Morgan fingerprint density at radius 3 is 2.37 bits per heavy atom. The molecule has 0 aliphatic carbocycles. The number of fused-ring (bicyclic) bond motifs is 1. The minimum absolute atomic E-state index is 0.117. The molecule has 9 heteroatoms. The maximum Gasteiger partial charge on any atom is 0.300 e. The number of aromatic nitrogens is 2. The van der Waals surface area contributed by atoms with Gasteiger partial charge in [-0.25, -0.2) is 4.98 Å². The zero-order valence-corrected chi connectivity index (χ0v) is 24.2. The average Bonchev–Trinajstić information content (AvgIpc) is 3.34. The second-order valence-electron chi connectivity index (χ2n) is 11.0. The van der Waals surface area contributed by atoms with E-state index in [0.717, 1.165) is 5.56 Å². The molecule has 0 bridgehead atoms. The molecule has 0 unspecified atom stereocenters. The largest absolute Gasteiger partial charge is 0.478 e. The molecule has 0 atom stereocenters. The van der Waals surface area contributed by atoms with E-state index in [0.29, 0.717) is 44.9 Å². The lowest BCUT2D eigenvalue weighted by Gasteiger charge is -2.25. The number of ether oxygens (including phenoxy) is 2. The Bertz CT molecular complexity index is 1690. The van der Waals surface area contributed by atoms with E-state index in [1.807, 2.05) is 30.3 Å². The number of halogens is 1. The average molecular weight is 571 g/mol. The second-order valence-corrected chi connectivity index (χ2v) is 11.5. The van der Waals surface area contributed by atoms with Gasteiger partial charge in [0, 0.05) is 16.8 Å². The van der Waals surface area contributed by atoms with Crippen molar-refractivity contribution in [1.29, 1.82) is 0 Å². The van der Waals surface area contributed by atoms with Gasteiger partial charge in [-0.05, 0) is 73.9 Å². The van der Waals surface area contributed by atoms with Crippen molar-refractivity contribution in [3.05, 3.63) is 95.6 Å². The first-order valence-electron chi connectivity index (χ1n) is 13.1. The van der Waals surface area contributed by atoms with Crippen molar-refractivity contribution in [3.63, 3.8) is 0 Å². The van der Waals surface area contributed by atoms with Crippen LogP contribution in [-0.4, -0.2) is 21.5 Å². The van der Waals surface area contributed by atoms with Crippen molar-refractivity contribution < 1.29 is 18.7 Å². The molecule has 0 aliphatic rings. The van der Waals surface area contributed by atoms with Gasteiger partial charge in [0.05, 0.1) is 5.69 Å². The quantitative estimate of drug-likeness (QED) is 0.193. The zero-order chi connectivity index (χ0) is 29.2. The molecule has 0 saturated carbocycles. The van der Waals surface area contributed by atoms with E-state index in [1.54, 1.807) is 68.6 Å². The third-order valence-corrected chi connectivity index (χ3v) is 6.57. The summed E-state index contributed by atoms with van der Waals surface area (Å²) >= 11 is 5.96. The summed E-state index contributed by atoms with van der Waals surface area (Å²) in [5.41, 5.74) is 1.80. The van der Waals surface area contributed by atoms with Gasteiger partial charge in [-0.2, -0.15) is 4.98 Å². The van der Waals surface area contributed by atoms with E-state index in [4.69, 9.17) is 25.5 Å². The summed E-state index contributed by atoms with van der Waals surface area (Å²) in [7, 11) is 0. The molecular formula is C32H31ClN4O4. The molecule has 8 nitrogen and oxygen atoms in total. The van der Waals surface area contributed by atoms with E-state index in [2.05, 4.69) is 41.4 Å². The fourth-order valence-corrected chi connectivity index (χ4v) is 4.31. The first kappa shape index (κ1) is 28.0. The molecule has 0 aliphatic heterocycles. The summed E-state index contributed by atoms with van der Waals surface area (Å²) in [6.07, 6.45) is 1.66. The van der Waals surface area contributed by atoms with E-state index in [-0.39, 0.29) is 17.3 Å². The van der Waals surface area contributed by atoms with Crippen molar-refractivity contribution in [1.82, 2.24) is 9.97 Å². The number of carbonyl (C=O) groups is 1. The van der Waals surface area contributed by atoms with E-state index < -0.39 is 5.60 Å². The Balaban J connectivity index is 1.37. The highest BCUT2D eigenvalue weighted by Gasteiger charge is 2.31. The molecule has 2 N–H and O–H groups in total. The van der Waals surface area contributed by atoms with Gasteiger partial charge >= 0.3 is 0 Å². The molecule has 2 heterocycles.